The van der Waals surface area contributed by atoms with Crippen LogP contribution in [0.2, 0.25) is 0 Å². The van der Waals surface area contributed by atoms with Crippen LogP contribution in [-0.4, -0.2) is 18.4 Å². The first-order chi connectivity index (χ1) is 14.6. The minimum Gasteiger partial charge on any atom is -0.489 e. The number of ether oxygens (including phenoxy) is 2. The van der Waals surface area contributed by atoms with E-state index in [9.17, 15) is 9.59 Å². The van der Waals surface area contributed by atoms with E-state index in [0.717, 1.165) is 30.6 Å². The Morgan fingerprint density at radius 3 is 2.03 bits per heavy atom. The number of hydrogen-bond acceptors (Lipinski definition) is 4. The molecule has 6 rings (SSSR count). The smallest absolute Gasteiger partial charge is 0.338 e. The third-order valence-corrected chi connectivity index (χ3v) is 7.30. The lowest BCUT2D eigenvalue weighted by Crippen LogP contribution is -2.51. The number of esters is 1. The molecule has 156 valence electrons. The first kappa shape index (κ1) is 19.3. The lowest BCUT2D eigenvalue weighted by atomic mass is 9.48. The van der Waals surface area contributed by atoms with Gasteiger partial charge in [-0.3, -0.25) is 4.79 Å². The summed E-state index contributed by atoms with van der Waals surface area (Å²) in [4.78, 5) is 25.5. The highest BCUT2D eigenvalue weighted by atomic mass is 16.5. The summed E-state index contributed by atoms with van der Waals surface area (Å²) in [5, 5.41) is 0. The average Bonchev–Trinajstić information content (AvgIpc) is 2.76. The van der Waals surface area contributed by atoms with Gasteiger partial charge in [-0.1, -0.05) is 30.3 Å². The normalized spacial score (nSPS) is 28.9. The van der Waals surface area contributed by atoms with E-state index in [0.29, 0.717) is 29.9 Å². The molecule has 0 aromatic heterocycles. The van der Waals surface area contributed by atoms with Gasteiger partial charge in [0.25, 0.3) is 0 Å². The van der Waals surface area contributed by atoms with Crippen molar-refractivity contribution in [1.82, 2.24) is 0 Å². The molecule has 0 radical (unpaired) electrons. The fraction of sp³-hybridized carbons (Fsp3) is 0.462. The molecule has 0 amide bonds. The van der Waals surface area contributed by atoms with Crippen molar-refractivity contribution >= 4 is 11.8 Å². The number of hydrogen-bond donors (Lipinski definition) is 0. The van der Waals surface area contributed by atoms with Crippen molar-refractivity contribution in [3.63, 3.8) is 0 Å². The van der Waals surface area contributed by atoms with Crippen molar-refractivity contribution < 1.29 is 19.1 Å². The van der Waals surface area contributed by atoms with Crippen LogP contribution in [-0.2, 0) is 16.1 Å². The SMILES string of the molecule is O=C(OCC(=O)C12CC3CC(CC(C3)C1)C2)c1ccc(COc2ccccc2)cc1. The maximum absolute atomic E-state index is 13.0. The lowest BCUT2D eigenvalue weighted by Gasteiger charge is -2.55. The predicted octanol–water partition coefficient (Wildman–Crippen LogP) is 5.21. The minimum absolute atomic E-state index is 0.0934. The fourth-order valence-corrected chi connectivity index (χ4v) is 6.24. The van der Waals surface area contributed by atoms with Crippen LogP contribution in [0.15, 0.2) is 54.6 Å². The molecular weight excluding hydrogens is 376 g/mol. The van der Waals surface area contributed by atoms with Crippen LogP contribution in [0.3, 0.4) is 0 Å². The van der Waals surface area contributed by atoms with E-state index in [1.807, 2.05) is 42.5 Å². The third kappa shape index (κ3) is 3.88. The molecule has 0 saturated heterocycles. The van der Waals surface area contributed by atoms with E-state index < -0.39 is 5.97 Å². The summed E-state index contributed by atoms with van der Waals surface area (Å²) in [5.74, 6) is 2.65. The highest BCUT2D eigenvalue weighted by Crippen LogP contribution is 2.60. The predicted molar refractivity (Wildman–Crippen MR) is 113 cm³/mol. The molecule has 4 nitrogen and oxygen atoms in total. The van der Waals surface area contributed by atoms with Crippen LogP contribution in [0.4, 0.5) is 0 Å². The largest absolute Gasteiger partial charge is 0.489 e. The van der Waals surface area contributed by atoms with E-state index in [2.05, 4.69) is 0 Å². The van der Waals surface area contributed by atoms with Crippen molar-refractivity contribution in [2.45, 2.75) is 45.1 Å². The molecule has 0 atom stereocenters. The summed E-state index contributed by atoms with van der Waals surface area (Å²) in [5.41, 5.74) is 1.23. The Balaban J connectivity index is 1.14. The van der Waals surface area contributed by atoms with Crippen LogP contribution in [0, 0.1) is 23.2 Å². The van der Waals surface area contributed by atoms with Crippen molar-refractivity contribution in [3.8, 4) is 5.75 Å². The van der Waals surface area contributed by atoms with Crippen LogP contribution in [0.25, 0.3) is 0 Å². The van der Waals surface area contributed by atoms with E-state index >= 15 is 0 Å². The average molecular weight is 405 g/mol. The summed E-state index contributed by atoms with van der Waals surface area (Å²) in [6, 6.07) is 16.8. The van der Waals surface area contributed by atoms with Crippen molar-refractivity contribution in [2.24, 2.45) is 23.2 Å². The van der Waals surface area contributed by atoms with Gasteiger partial charge in [0.2, 0.25) is 0 Å². The molecule has 4 bridgehead atoms. The Morgan fingerprint density at radius 2 is 1.43 bits per heavy atom. The molecular formula is C26H28O4. The monoisotopic (exact) mass is 404 g/mol. The Hall–Kier alpha value is -2.62. The van der Waals surface area contributed by atoms with Gasteiger partial charge < -0.3 is 9.47 Å². The Labute approximate surface area is 177 Å². The van der Waals surface area contributed by atoms with Gasteiger partial charge in [0, 0.05) is 5.41 Å². The van der Waals surface area contributed by atoms with E-state index in [1.165, 1.54) is 19.3 Å². The molecule has 0 spiro atoms. The topological polar surface area (TPSA) is 52.6 Å². The maximum Gasteiger partial charge on any atom is 0.338 e. The van der Waals surface area contributed by atoms with Crippen LogP contribution in [0.5, 0.6) is 5.75 Å². The van der Waals surface area contributed by atoms with E-state index in [1.54, 1.807) is 12.1 Å². The van der Waals surface area contributed by atoms with Gasteiger partial charge in [-0.25, -0.2) is 4.79 Å². The summed E-state index contributed by atoms with van der Waals surface area (Å²) < 4.78 is 11.2. The van der Waals surface area contributed by atoms with E-state index in [-0.39, 0.29) is 17.8 Å². The Bertz CT molecular complexity index is 881. The first-order valence-corrected chi connectivity index (χ1v) is 11.1. The fourth-order valence-electron chi connectivity index (χ4n) is 6.24. The van der Waals surface area contributed by atoms with Crippen LogP contribution in [0.1, 0.15) is 54.4 Å². The molecule has 4 aliphatic rings. The Morgan fingerprint density at radius 1 is 0.833 bits per heavy atom. The number of para-hydroxylation sites is 1. The zero-order valence-corrected chi connectivity index (χ0v) is 17.2. The van der Waals surface area contributed by atoms with Crippen molar-refractivity contribution in [2.75, 3.05) is 6.61 Å². The second-order valence-corrected chi connectivity index (χ2v) is 9.50. The molecule has 0 heterocycles. The second kappa shape index (κ2) is 7.90. The summed E-state index contributed by atoms with van der Waals surface area (Å²) in [7, 11) is 0. The minimum atomic E-state index is -0.427. The summed E-state index contributed by atoms with van der Waals surface area (Å²) in [6.07, 6.45) is 6.91. The maximum atomic E-state index is 13.0. The van der Waals surface area contributed by atoms with Crippen molar-refractivity contribution in [1.29, 1.82) is 0 Å². The number of carbonyl (C=O) groups excluding carboxylic acids is 2. The summed E-state index contributed by atoms with van der Waals surface area (Å²) >= 11 is 0. The molecule has 30 heavy (non-hydrogen) atoms. The van der Waals surface area contributed by atoms with Crippen LogP contribution < -0.4 is 4.74 Å². The number of ketones is 1. The molecule has 4 heteroatoms. The molecule has 0 N–H and O–H groups in total. The number of benzene rings is 2. The highest BCUT2D eigenvalue weighted by molar-refractivity contribution is 5.93. The van der Waals surface area contributed by atoms with Gasteiger partial charge in [-0.2, -0.15) is 0 Å². The first-order valence-electron chi connectivity index (χ1n) is 11.1. The second-order valence-electron chi connectivity index (χ2n) is 9.50. The Kier molecular flexibility index (Phi) is 5.10. The molecule has 2 aromatic carbocycles. The van der Waals surface area contributed by atoms with E-state index in [4.69, 9.17) is 9.47 Å². The zero-order chi connectivity index (χ0) is 20.6. The molecule has 4 aliphatic carbocycles. The van der Waals surface area contributed by atoms with Gasteiger partial charge in [0.15, 0.2) is 12.4 Å². The van der Waals surface area contributed by atoms with Gasteiger partial charge >= 0.3 is 5.97 Å². The lowest BCUT2D eigenvalue weighted by molar-refractivity contribution is -0.147. The summed E-state index contributed by atoms with van der Waals surface area (Å²) in [6.45, 7) is 0.341. The van der Waals surface area contributed by atoms with Gasteiger partial charge in [-0.15, -0.1) is 0 Å². The van der Waals surface area contributed by atoms with Gasteiger partial charge in [0.05, 0.1) is 5.56 Å². The third-order valence-electron chi connectivity index (χ3n) is 7.30. The standard InChI is InChI=1S/C26H28O4/c27-24(26-13-19-10-20(14-26)12-21(11-19)15-26)17-30-25(28)22-8-6-18(7-9-22)16-29-23-4-2-1-3-5-23/h1-9,19-21H,10-17H2. The quantitative estimate of drug-likeness (QED) is 0.595. The zero-order valence-electron chi connectivity index (χ0n) is 17.2. The molecule has 2 aromatic rings. The van der Waals surface area contributed by atoms with Gasteiger partial charge in [0.1, 0.15) is 12.4 Å². The van der Waals surface area contributed by atoms with Crippen molar-refractivity contribution in [3.05, 3.63) is 65.7 Å². The van der Waals surface area contributed by atoms with Gasteiger partial charge in [-0.05, 0) is 86.1 Å². The number of rotatable bonds is 7. The van der Waals surface area contributed by atoms with Crippen LogP contribution >= 0.6 is 0 Å². The molecule has 4 fully saturated rings. The number of carbonyl (C=O) groups is 2. The molecule has 4 saturated carbocycles. The molecule has 0 unspecified atom stereocenters. The highest BCUT2D eigenvalue weighted by Gasteiger charge is 2.54. The number of Topliss-reactive ketones (excluding diaryl/α,β-unsaturated/α-hetero) is 1. The molecule has 0 aliphatic heterocycles.